The number of allylic oxidation sites excluding steroid dienone is 2. The average Bonchev–Trinajstić information content (AvgIpc) is 1.96. The maximum Gasteiger partial charge on any atom is 0.0475 e. The van der Waals surface area contributed by atoms with Gasteiger partial charge >= 0.3 is 0 Å². The Balaban J connectivity index is 2.75. The summed E-state index contributed by atoms with van der Waals surface area (Å²) in [4.78, 5) is 0. The second-order valence-corrected chi connectivity index (χ2v) is 3.90. The van der Waals surface area contributed by atoms with E-state index in [1.165, 1.54) is 5.57 Å². The third-order valence-corrected chi connectivity index (χ3v) is 2.69. The van der Waals surface area contributed by atoms with Gasteiger partial charge in [-0.05, 0) is 25.2 Å². The van der Waals surface area contributed by atoms with Gasteiger partial charge in [-0.2, -0.15) is 0 Å². The highest BCUT2D eigenvalue weighted by atomic mass is 16.4. The van der Waals surface area contributed by atoms with E-state index in [-0.39, 0.29) is 0 Å². The number of hydrogen-bond acceptors (Lipinski definition) is 2. The highest BCUT2D eigenvalue weighted by Gasteiger charge is 2.25. The Morgan fingerprint density at radius 1 is 1.58 bits per heavy atom. The predicted octanol–water partition coefficient (Wildman–Crippen LogP) is 2.68. The molecule has 2 nitrogen and oxygen atoms in total. The van der Waals surface area contributed by atoms with Gasteiger partial charge in [0.05, 0.1) is 0 Å². The monoisotopic (exact) mass is 167 g/mol. The van der Waals surface area contributed by atoms with Crippen LogP contribution in [0.1, 0.15) is 27.2 Å². The molecule has 0 aromatic rings. The Morgan fingerprint density at radius 3 is 2.75 bits per heavy atom. The van der Waals surface area contributed by atoms with Crippen LogP contribution in [0.4, 0.5) is 0 Å². The molecule has 0 aromatic carbocycles. The fraction of sp³-hybridized carbons (Fsp3) is 0.700. The van der Waals surface area contributed by atoms with Crippen LogP contribution in [-0.4, -0.2) is 11.4 Å². The van der Waals surface area contributed by atoms with Gasteiger partial charge in [0.2, 0.25) is 0 Å². The highest BCUT2D eigenvalue weighted by Crippen LogP contribution is 2.31. The SMILES string of the molecule is CC1=C[C@H](C)[C@@H](/C=N\O)[C@H](C)C1. The summed E-state index contributed by atoms with van der Waals surface area (Å²) in [5.41, 5.74) is 1.46. The Morgan fingerprint density at radius 2 is 2.25 bits per heavy atom. The van der Waals surface area contributed by atoms with Gasteiger partial charge in [-0.15, -0.1) is 5.16 Å². The fourth-order valence-corrected chi connectivity index (χ4v) is 2.15. The first-order valence-corrected chi connectivity index (χ1v) is 4.50. The van der Waals surface area contributed by atoms with Crippen LogP contribution < -0.4 is 0 Å². The molecule has 0 radical (unpaired) electrons. The van der Waals surface area contributed by atoms with Crippen LogP contribution in [0.2, 0.25) is 0 Å². The molecule has 0 aromatic heterocycles. The lowest BCUT2D eigenvalue weighted by Gasteiger charge is -2.29. The summed E-state index contributed by atoms with van der Waals surface area (Å²) in [5.74, 6) is 1.50. The Kier molecular flexibility index (Phi) is 2.90. The van der Waals surface area contributed by atoms with Gasteiger partial charge in [0.1, 0.15) is 0 Å². The average molecular weight is 167 g/mol. The number of nitrogens with zero attached hydrogens (tertiary/aromatic N) is 1. The molecule has 0 spiro atoms. The zero-order chi connectivity index (χ0) is 9.14. The molecule has 0 saturated heterocycles. The van der Waals surface area contributed by atoms with Crippen molar-refractivity contribution in [3.63, 3.8) is 0 Å². The van der Waals surface area contributed by atoms with Crippen molar-refractivity contribution in [3.05, 3.63) is 11.6 Å². The lowest BCUT2D eigenvalue weighted by molar-refractivity contribution is 0.303. The van der Waals surface area contributed by atoms with E-state index in [0.717, 1.165) is 6.42 Å². The molecule has 0 amide bonds. The first-order chi connectivity index (χ1) is 5.65. The molecule has 0 fully saturated rings. The van der Waals surface area contributed by atoms with Crippen molar-refractivity contribution >= 4 is 6.21 Å². The largest absolute Gasteiger partial charge is 0.411 e. The quantitative estimate of drug-likeness (QED) is 0.277. The Labute approximate surface area is 74.0 Å². The van der Waals surface area contributed by atoms with Gasteiger partial charge in [-0.3, -0.25) is 0 Å². The van der Waals surface area contributed by atoms with Crippen molar-refractivity contribution in [2.75, 3.05) is 0 Å². The zero-order valence-electron chi connectivity index (χ0n) is 7.99. The van der Waals surface area contributed by atoms with Gasteiger partial charge in [-0.1, -0.05) is 25.5 Å². The highest BCUT2D eigenvalue weighted by molar-refractivity contribution is 5.61. The van der Waals surface area contributed by atoms with Gasteiger partial charge < -0.3 is 5.21 Å². The molecular formula is C10H17NO. The van der Waals surface area contributed by atoms with Crippen LogP contribution >= 0.6 is 0 Å². The topological polar surface area (TPSA) is 32.6 Å². The first-order valence-electron chi connectivity index (χ1n) is 4.50. The molecule has 3 atom stereocenters. The third kappa shape index (κ3) is 1.87. The number of hydrogen-bond donors (Lipinski definition) is 1. The van der Waals surface area contributed by atoms with E-state index < -0.39 is 0 Å². The van der Waals surface area contributed by atoms with Gasteiger partial charge in [-0.25, -0.2) is 0 Å². The van der Waals surface area contributed by atoms with E-state index in [0.29, 0.717) is 17.8 Å². The van der Waals surface area contributed by atoms with E-state index in [1.807, 2.05) is 0 Å². The molecule has 0 heterocycles. The molecule has 0 saturated carbocycles. The maximum atomic E-state index is 8.47. The standard InChI is InChI=1S/C10H17NO/c1-7-4-8(2)10(6-11-12)9(3)5-7/h4,6,8-10,12H,5H2,1-3H3/b11-6-/t8-,9+,10+/m0/s1. The van der Waals surface area contributed by atoms with Gasteiger partial charge in [0.15, 0.2) is 0 Å². The van der Waals surface area contributed by atoms with E-state index in [1.54, 1.807) is 6.21 Å². The van der Waals surface area contributed by atoms with Crippen molar-refractivity contribution in [1.82, 2.24) is 0 Å². The maximum absolute atomic E-state index is 8.47. The van der Waals surface area contributed by atoms with Crippen LogP contribution in [-0.2, 0) is 0 Å². The van der Waals surface area contributed by atoms with Crippen LogP contribution in [0.25, 0.3) is 0 Å². The summed E-state index contributed by atoms with van der Waals surface area (Å²) in [6.45, 7) is 6.55. The second kappa shape index (κ2) is 3.74. The van der Waals surface area contributed by atoms with E-state index in [4.69, 9.17) is 5.21 Å². The molecule has 0 unspecified atom stereocenters. The second-order valence-electron chi connectivity index (χ2n) is 3.90. The Bertz CT molecular complexity index is 208. The van der Waals surface area contributed by atoms with Crippen molar-refractivity contribution in [2.45, 2.75) is 27.2 Å². The minimum absolute atomic E-state index is 0.402. The molecule has 0 bridgehead atoms. The molecule has 12 heavy (non-hydrogen) atoms. The molecule has 1 rings (SSSR count). The first kappa shape index (κ1) is 9.30. The van der Waals surface area contributed by atoms with E-state index in [2.05, 4.69) is 32.0 Å². The normalized spacial score (nSPS) is 36.9. The minimum Gasteiger partial charge on any atom is -0.411 e. The van der Waals surface area contributed by atoms with Crippen molar-refractivity contribution in [1.29, 1.82) is 0 Å². The minimum atomic E-state index is 0.402. The molecule has 1 aliphatic carbocycles. The molecular weight excluding hydrogens is 150 g/mol. The molecule has 2 heteroatoms. The van der Waals surface area contributed by atoms with E-state index in [9.17, 15) is 0 Å². The Hall–Kier alpha value is -0.790. The van der Waals surface area contributed by atoms with Crippen molar-refractivity contribution < 1.29 is 5.21 Å². The van der Waals surface area contributed by atoms with Crippen LogP contribution in [0.3, 0.4) is 0 Å². The summed E-state index contributed by atoms with van der Waals surface area (Å²) < 4.78 is 0. The molecule has 1 aliphatic rings. The van der Waals surface area contributed by atoms with Gasteiger partial charge in [0.25, 0.3) is 0 Å². The van der Waals surface area contributed by atoms with Crippen molar-refractivity contribution in [2.24, 2.45) is 22.9 Å². The van der Waals surface area contributed by atoms with Crippen molar-refractivity contribution in [3.8, 4) is 0 Å². The zero-order valence-corrected chi connectivity index (χ0v) is 7.99. The number of rotatable bonds is 1. The third-order valence-electron chi connectivity index (χ3n) is 2.69. The summed E-state index contributed by atoms with van der Waals surface area (Å²) >= 11 is 0. The molecule has 68 valence electrons. The lowest BCUT2D eigenvalue weighted by Crippen LogP contribution is -2.24. The number of oxime groups is 1. The van der Waals surface area contributed by atoms with Crippen LogP contribution in [0.15, 0.2) is 16.8 Å². The summed E-state index contributed by atoms with van der Waals surface area (Å²) in [6, 6.07) is 0. The van der Waals surface area contributed by atoms with Crippen LogP contribution in [0, 0.1) is 17.8 Å². The molecule has 0 aliphatic heterocycles. The summed E-state index contributed by atoms with van der Waals surface area (Å²) in [7, 11) is 0. The fourth-order valence-electron chi connectivity index (χ4n) is 2.15. The summed E-state index contributed by atoms with van der Waals surface area (Å²) in [6.07, 6.45) is 5.06. The van der Waals surface area contributed by atoms with E-state index >= 15 is 0 Å². The smallest absolute Gasteiger partial charge is 0.0475 e. The van der Waals surface area contributed by atoms with Crippen LogP contribution in [0.5, 0.6) is 0 Å². The predicted molar refractivity (Wildman–Crippen MR) is 50.5 cm³/mol. The van der Waals surface area contributed by atoms with Gasteiger partial charge in [0, 0.05) is 12.1 Å². The summed E-state index contributed by atoms with van der Waals surface area (Å²) in [5, 5.41) is 11.6. The lowest BCUT2D eigenvalue weighted by atomic mass is 9.76. The molecule has 1 N–H and O–H groups in total.